The molecule has 3 aromatic rings. The number of aromatic nitrogens is 4. The zero-order valence-electron chi connectivity index (χ0n) is 19.1. The van der Waals surface area contributed by atoms with E-state index in [1.54, 1.807) is 11.1 Å². The van der Waals surface area contributed by atoms with Crippen LogP contribution in [0.15, 0.2) is 6.20 Å². The summed E-state index contributed by atoms with van der Waals surface area (Å²) in [4.78, 5) is 32.0. The third-order valence-electron chi connectivity index (χ3n) is 5.78. The van der Waals surface area contributed by atoms with Crippen LogP contribution in [0.25, 0.3) is 5.65 Å². The average molecular weight is 470 g/mol. The number of rotatable bonds is 3. The van der Waals surface area contributed by atoms with Gasteiger partial charge in [-0.25, -0.2) is 14.3 Å². The summed E-state index contributed by atoms with van der Waals surface area (Å²) in [5, 5.41) is 8.07. The standard InChI is InChI=1S/C22H27N7O3S/c1-11-15(12-5-6-12)20(33-27-11)25-19(30)16-17(23)26-29-10-13-9-28(21(31)32-22(2,3)4)8-7-14(13)24-18(16)29/h10,12H,5-9H2,1-4H3,(H2,23,26)(H,25,30). The third-order valence-corrected chi connectivity index (χ3v) is 6.65. The van der Waals surface area contributed by atoms with Crippen molar-refractivity contribution in [3.05, 3.63) is 34.3 Å². The normalized spacial score (nSPS) is 16.1. The summed E-state index contributed by atoms with van der Waals surface area (Å²) in [6, 6.07) is 0. The van der Waals surface area contributed by atoms with Gasteiger partial charge in [-0.1, -0.05) is 0 Å². The lowest BCUT2D eigenvalue weighted by Crippen LogP contribution is -2.40. The van der Waals surface area contributed by atoms with E-state index in [0.717, 1.165) is 40.4 Å². The van der Waals surface area contributed by atoms with Crippen LogP contribution in [0.2, 0.25) is 0 Å². The Kier molecular flexibility index (Phi) is 5.04. The van der Waals surface area contributed by atoms with Gasteiger partial charge in [-0.05, 0) is 58.0 Å². The number of hydrogen-bond donors (Lipinski definition) is 2. The Balaban J connectivity index is 1.42. The molecule has 11 heteroatoms. The molecule has 0 unspecified atom stereocenters. The van der Waals surface area contributed by atoms with Crippen LogP contribution in [0.4, 0.5) is 15.6 Å². The number of hydrogen-bond acceptors (Lipinski definition) is 8. The minimum atomic E-state index is -0.561. The van der Waals surface area contributed by atoms with Crippen molar-refractivity contribution in [3.8, 4) is 0 Å². The van der Waals surface area contributed by atoms with E-state index in [-0.39, 0.29) is 23.4 Å². The summed E-state index contributed by atoms with van der Waals surface area (Å²) in [5.41, 5.74) is 9.99. The predicted octanol–water partition coefficient (Wildman–Crippen LogP) is 3.50. The summed E-state index contributed by atoms with van der Waals surface area (Å²) in [6.45, 7) is 8.34. The Hall–Kier alpha value is -3.21. The number of amides is 2. The van der Waals surface area contributed by atoms with Crippen LogP contribution in [-0.2, 0) is 17.7 Å². The molecule has 0 bridgehead atoms. The predicted molar refractivity (Wildman–Crippen MR) is 125 cm³/mol. The molecule has 0 atom stereocenters. The number of ether oxygens (including phenoxy) is 1. The van der Waals surface area contributed by atoms with Gasteiger partial charge in [-0.2, -0.15) is 4.37 Å². The van der Waals surface area contributed by atoms with Crippen molar-refractivity contribution in [3.63, 3.8) is 0 Å². The molecule has 4 heterocycles. The van der Waals surface area contributed by atoms with Gasteiger partial charge in [-0.15, -0.1) is 5.10 Å². The number of nitrogens with one attached hydrogen (secondary N) is 1. The minimum absolute atomic E-state index is 0.112. The van der Waals surface area contributed by atoms with Gasteiger partial charge in [0.15, 0.2) is 11.5 Å². The zero-order chi connectivity index (χ0) is 23.5. The molecule has 2 amide bonds. The molecule has 1 saturated carbocycles. The van der Waals surface area contributed by atoms with Gasteiger partial charge in [-0.3, -0.25) is 4.79 Å². The van der Waals surface area contributed by atoms with Crippen molar-refractivity contribution in [2.24, 2.45) is 0 Å². The molecule has 10 nitrogen and oxygen atoms in total. The fraction of sp³-hybridized carbons (Fsp3) is 0.500. The highest BCUT2D eigenvalue weighted by Gasteiger charge is 2.32. The summed E-state index contributed by atoms with van der Waals surface area (Å²) < 4.78 is 11.4. The molecular weight excluding hydrogens is 442 g/mol. The Labute approximate surface area is 195 Å². The molecule has 2 aliphatic rings. The van der Waals surface area contributed by atoms with E-state index in [1.807, 2.05) is 27.7 Å². The largest absolute Gasteiger partial charge is 0.444 e. The maximum Gasteiger partial charge on any atom is 0.410 e. The molecule has 3 aromatic heterocycles. The SMILES string of the molecule is Cc1nsc(NC(=O)c2c(N)nn3cc4c(nc23)CCN(C(=O)OC(C)(C)C)C4)c1C1CC1. The van der Waals surface area contributed by atoms with E-state index in [1.165, 1.54) is 16.0 Å². The van der Waals surface area contributed by atoms with Crippen LogP contribution in [0, 0.1) is 6.92 Å². The number of carbonyl (C=O) groups excluding carboxylic acids is 2. The van der Waals surface area contributed by atoms with Crippen molar-refractivity contribution in [2.45, 2.75) is 65.0 Å². The van der Waals surface area contributed by atoms with Crippen molar-refractivity contribution in [1.29, 1.82) is 0 Å². The van der Waals surface area contributed by atoms with E-state index in [9.17, 15) is 9.59 Å². The fourth-order valence-electron chi connectivity index (χ4n) is 4.12. The van der Waals surface area contributed by atoms with E-state index in [0.29, 0.717) is 31.1 Å². The first kappa shape index (κ1) is 21.6. The van der Waals surface area contributed by atoms with E-state index >= 15 is 0 Å². The smallest absolute Gasteiger partial charge is 0.410 e. The number of anilines is 2. The Bertz CT molecular complexity index is 1270. The van der Waals surface area contributed by atoms with Gasteiger partial charge < -0.3 is 20.7 Å². The highest BCUT2D eigenvalue weighted by molar-refractivity contribution is 7.10. The monoisotopic (exact) mass is 469 g/mol. The quantitative estimate of drug-likeness (QED) is 0.601. The minimum Gasteiger partial charge on any atom is -0.444 e. The van der Waals surface area contributed by atoms with E-state index in [2.05, 4.69) is 14.8 Å². The van der Waals surface area contributed by atoms with Crippen LogP contribution in [0.5, 0.6) is 0 Å². The number of carbonyl (C=O) groups is 2. The first-order valence-corrected chi connectivity index (χ1v) is 11.8. The van der Waals surface area contributed by atoms with Crippen molar-refractivity contribution in [1.82, 2.24) is 23.9 Å². The van der Waals surface area contributed by atoms with Gasteiger partial charge in [0.2, 0.25) is 0 Å². The third kappa shape index (κ3) is 4.12. The molecule has 0 saturated heterocycles. The van der Waals surface area contributed by atoms with Crippen LogP contribution in [-0.4, -0.2) is 48.0 Å². The van der Waals surface area contributed by atoms with Crippen LogP contribution in [0.1, 0.15) is 72.4 Å². The Morgan fingerprint density at radius 3 is 2.76 bits per heavy atom. The second-order valence-corrected chi connectivity index (χ2v) is 10.4. The first-order valence-electron chi connectivity index (χ1n) is 11.0. The van der Waals surface area contributed by atoms with E-state index in [4.69, 9.17) is 15.5 Å². The van der Waals surface area contributed by atoms with Gasteiger partial charge in [0.1, 0.15) is 16.2 Å². The number of nitrogens with zero attached hydrogens (tertiary/aromatic N) is 5. The highest BCUT2D eigenvalue weighted by Crippen LogP contribution is 2.46. The molecule has 1 aliphatic carbocycles. The van der Waals surface area contributed by atoms with Gasteiger partial charge in [0.05, 0.1) is 17.9 Å². The maximum atomic E-state index is 13.2. The topological polar surface area (TPSA) is 128 Å². The number of nitrogens with two attached hydrogens (primary N) is 1. The van der Waals surface area contributed by atoms with Crippen molar-refractivity contribution >= 4 is 40.0 Å². The van der Waals surface area contributed by atoms with Crippen LogP contribution >= 0.6 is 11.5 Å². The maximum absolute atomic E-state index is 13.2. The zero-order valence-corrected chi connectivity index (χ0v) is 20.0. The molecule has 1 fully saturated rings. The van der Waals surface area contributed by atoms with Crippen LogP contribution in [0.3, 0.4) is 0 Å². The summed E-state index contributed by atoms with van der Waals surface area (Å²) in [7, 11) is 0. The van der Waals surface area contributed by atoms with E-state index < -0.39 is 5.60 Å². The fourth-order valence-corrected chi connectivity index (χ4v) is 5.00. The van der Waals surface area contributed by atoms with Gasteiger partial charge in [0, 0.05) is 30.3 Å². The molecule has 33 heavy (non-hydrogen) atoms. The van der Waals surface area contributed by atoms with Gasteiger partial charge >= 0.3 is 6.09 Å². The lowest BCUT2D eigenvalue weighted by Gasteiger charge is -2.30. The summed E-state index contributed by atoms with van der Waals surface area (Å²) in [5.74, 6) is 0.241. The molecular formula is C22H27N7O3S. The summed E-state index contributed by atoms with van der Waals surface area (Å²) in [6.07, 6.45) is 4.22. The molecule has 5 rings (SSSR count). The highest BCUT2D eigenvalue weighted by atomic mass is 32.1. The second-order valence-electron chi connectivity index (χ2n) is 9.63. The molecule has 0 aromatic carbocycles. The van der Waals surface area contributed by atoms with Crippen molar-refractivity contribution < 1.29 is 14.3 Å². The van der Waals surface area contributed by atoms with Crippen molar-refractivity contribution in [2.75, 3.05) is 17.6 Å². The number of fused-ring (bicyclic) bond motifs is 2. The molecule has 3 N–H and O–H groups in total. The Morgan fingerprint density at radius 1 is 1.30 bits per heavy atom. The number of aryl methyl sites for hydroxylation is 1. The van der Waals surface area contributed by atoms with Gasteiger partial charge in [0.25, 0.3) is 5.91 Å². The van der Waals surface area contributed by atoms with Crippen LogP contribution < -0.4 is 11.1 Å². The molecule has 0 radical (unpaired) electrons. The number of nitrogen functional groups attached to an aromatic ring is 1. The molecule has 1 aliphatic heterocycles. The molecule has 0 spiro atoms. The molecule has 174 valence electrons. The Morgan fingerprint density at radius 2 is 2.06 bits per heavy atom. The summed E-state index contributed by atoms with van der Waals surface area (Å²) >= 11 is 1.29. The first-order chi connectivity index (χ1) is 15.6. The lowest BCUT2D eigenvalue weighted by molar-refractivity contribution is 0.0222. The second kappa shape index (κ2) is 7.68. The average Bonchev–Trinajstić information content (AvgIpc) is 3.42. The lowest BCUT2D eigenvalue weighted by atomic mass is 10.1.